The first kappa shape index (κ1) is 19.0. The molecular weight excluding hydrogens is 343 g/mol. The molecule has 10 heteroatoms. The molecule has 2 heterocycles. The molecule has 1 aliphatic heterocycles. The van der Waals surface area contributed by atoms with Gasteiger partial charge in [0.1, 0.15) is 5.82 Å². The van der Waals surface area contributed by atoms with E-state index in [4.69, 9.17) is 5.11 Å². The molecule has 1 amide bonds. The minimum atomic E-state index is -4.87. The lowest BCUT2D eigenvalue weighted by Crippen LogP contribution is -2.52. The summed E-state index contributed by atoms with van der Waals surface area (Å²) in [5.74, 6) is -1.33. The zero-order valence-electron chi connectivity index (χ0n) is 13.5. The molecule has 2 N–H and O–H groups in total. The maximum atomic E-state index is 12.7. The second kappa shape index (κ2) is 6.87. The fourth-order valence-electron chi connectivity index (χ4n) is 2.39. The number of carboxylic acids is 1. The number of piperazine rings is 1. The quantitative estimate of drug-likeness (QED) is 0.835. The van der Waals surface area contributed by atoms with Gasteiger partial charge < -0.3 is 20.0 Å². The molecule has 0 spiro atoms. The highest BCUT2D eigenvalue weighted by atomic mass is 19.4. The highest BCUT2D eigenvalue weighted by molar-refractivity contribution is 5.87. The minimum Gasteiger partial charge on any atom is -0.478 e. The van der Waals surface area contributed by atoms with Crippen LogP contribution in [0.3, 0.4) is 0 Å². The van der Waals surface area contributed by atoms with Crippen molar-refractivity contribution in [3.8, 4) is 0 Å². The van der Waals surface area contributed by atoms with Gasteiger partial charge in [0.15, 0.2) is 5.60 Å². The summed E-state index contributed by atoms with van der Waals surface area (Å²) in [7, 11) is 0. The number of halogens is 3. The van der Waals surface area contributed by atoms with E-state index in [0.717, 1.165) is 0 Å². The van der Waals surface area contributed by atoms with Gasteiger partial charge in [-0.05, 0) is 19.1 Å². The minimum absolute atomic E-state index is 0.0481. The van der Waals surface area contributed by atoms with Gasteiger partial charge in [-0.25, -0.2) is 9.78 Å². The van der Waals surface area contributed by atoms with Gasteiger partial charge in [-0.3, -0.25) is 4.79 Å². The van der Waals surface area contributed by atoms with E-state index in [2.05, 4.69) is 4.98 Å². The van der Waals surface area contributed by atoms with Crippen molar-refractivity contribution in [3.63, 3.8) is 0 Å². The Labute approximate surface area is 141 Å². The number of hydrogen-bond acceptors (Lipinski definition) is 5. The highest BCUT2D eigenvalue weighted by Gasteiger charge is 2.51. The summed E-state index contributed by atoms with van der Waals surface area (Å²) in [6, 6.07) is 2.94. The van der Waals surface area contributed by atoms with E-state index >= 15 is 0 Å². The lowest BCUT2D eigenvalue weighted by atomic mass is 10.0. The number of aromatic carboxylic acids is 1. The second-order valence-corrected chi connectivity index (χ2v) is 6.03. The monoisotopic (exact) mass is 361 g/mol. The topological polar surface area (TPSA) is 94.0 Å². The lowest BCUT2D eigenvalue weighted by molar-refractivity contribution is -0.254. The van der Waals surface area contributed by atoms with Crippen molar-refractivity contribution in [1.29, 1.82) is 0 Å². The predicted molar refractivity (Wildman–Crippen MR) is 81.3 cm³/mol. The normalized spacial score (nSPS) is 18.0. The Bertz CT molecular complexity index is 638. The highest BCUT2D eigenvalue weighted by Crippen LogP contribution is 2.33. The number of aromatic nitrogens is 1. The zero-order valence-corrected chi connectivity index (χ0v) is 13.5. The van der Waals surface area contributed by atoms with Crippen LogP contribution < -0.4 is 4.90 Å². The third-order valence-corrected chi connectivity index (χ3v) is 4.06. The zero-order chi connectivity index (χ0) is 18.8. The fraction of sp³-hybridized carbons (Fsp3) is 0.533. The summed E-state index contributed by atoms with van der Waals surface area (Å²) in [5.41, 5.74) is -3.01. The van der Waals surface area contributed by atoms with Gasteiger partial charge in [-0.2, -0.15) is 13.2 Å². The average molecular weight is 361 g/mol. The smallest absolute Gasteiger partial charge is 0.417 e. The maximum absolute atomic E-state index is 12.7. The molecule has 1 aromatic heterocycles. The average Bonchev–Trinajstić information content (AvgIpc) is 2.53. The largest absolute Gasteiger partial charge is 0.478 e. The van der Waals surface area contributed by atoms with E-state index in [9.17, 15) is 27.9 Å². The van der Waals surface area contributed by atoms with E-state index in [0.29, 0.717) is 25.8 Å². The van der Waals surface area contributed by atoms with Crippen molar-refractivity contribution in [2.45, 2.75) is 25.1 Å². The molecule has 1 saturated heterocycles. The fourth-order valence-corrected chi connectivity index (χ4v) is 2.39. The molecule has 0 saturated carbocycles. The number of pyridine rings is 1. The summed E-state index contributed by atoms with van der Waals surface area (Å²) in [6.07, 6.45) is -4.68. The van der Waals surface area contributed by atoms with Crippen LogP contribution in [0.4, 0.5) is 19.0 Å². The van der Waals surface area contributed by atoms with Gasteiger partial charge in [0.05, 0.1) is 12.0 Å². The number of anilines is 1. The van der Waals surface area contributed by atoms with Crippen LogP contribution in [-0.4, -0.2) is 69.9 Å². The number of amides is 1. The van der Waals surface area contributed by atoms with E-state index in [-0.39, 0.29) is 18.7 Å². The number of hydrogen-bond donors (Lipinski definition) is 2. The van der Waals surface area contributed by atoms with E-state index in [1.807, 2.05) is 0 Å². The van der Waals surface area contributed by atoms with Crippen LogP contribution in [0.15, 0.2) is 18.3 Å². The molecule has 2 rings (SSSR count). The lowest BCUT2D eigenvalue weighted by Gasteiger charge is -2.37. The molecule has 0 aromatic carbocycles. The van der Waals surface area contributed by atoms with E-state index in [1.165, 1.54) is 23.2 Å². The number of rotatable bonds is 4. The summed E-state index contributed by atoms with van der Waals surface area (Å²) >= 11 is 0. The van der Waals surface area contributed by atoms with Crippen LogP contribution >= 0.6 is 0 Å². The number of carbonyl (C=O) groups excluding carboxylic acids is 1. The number of nitrogens with zero attached hydrogens (tertiary/aromatic N) is 3. The van der Waals surface area contributed by atoms with Crippen molar-refractivity contribution in [2.24, 2.45) is 0 Å². The summed E-state index contributed by atoms with van der Waals surface area (Å²) < 4.78 is 38.0. The maximum Gasteiger partial charge on any atom is 0.417 e. The van der Waals surface area contributed by atoms with Crippen molar-refractivity contribution in [2.75, 3.05) is 31.1 Å². The van der Waals surface area contributed by atoms with Crippen LogP contribution in [-0.2, 0) is 4.79 Å². The summed E-state index contributed by atoms with van der Waals surface area (Å²) in [6.45, 7) is 1.65. The molecule has 1 aliphatic rings. The van der Waals surface area contributed by atoms with E-state index < -0.39 is 30.1 Å². The molecule has 0 bridgehead atoms. The molecule has 1 unspecified atom stereocenters. The summed E-state index contributed by atoms with van der Waals surface area (Å²) in [4.78, 5) is 29.9. The molecule has 1 fully saturated rings. The first-order valence-electron chi connectivity index (χ1n) is 7.52. The van der Waals surface area contributed by atoms with Crippen LogP contribution in [0.1, 0.15) is 23.7 Å². The molecule has 138 valence electrons. The number of carbonyl (C=O) groups is 2. The number of alkyl halides is 3. The SMILES string of the molecule is CC(O)(CC(=O)N1CCN(c2ccc(C(=O)O)cn2)CC1)C(F)(F)F. The van der Waals surface area contributed by atoms with Gasteiger partial charge in [-0.15, -0.1) is 0 Å². The van der Waals surface area contributed by atoms with Crippen molar-refractivity contribution in [1.82, 2.24) is 9.88 Å². The molecular formula is C15H18F3N3O4. The first-order chi connectivity index (χ1) is 11.5. The first-order valence-corrected chi connectivity index (χ1v) is 7.52. The third kappa shape index (κ3) is 4.38. The Morgan fingerprint density at radius 3 is 2.24 bits per heavy atom. The standard InChI is InChI=1S/C15H18F3N3O4/c1-14(25,15(16,17)18)8-12(22)21-6-4-20(5-7-21)11-3-2-10(9-19-11)13(23)24/h2-3,9,25H,4-8H2,1H3,(H,23,24). The molecule has 1 atom stereocenters. The number of aliphatic hydroxyl groups is 1. The molecule has 0 radical (unpaired) electrons. The Morgan fingerprint density at radius 1 is 1.20 bits per heavy atom. The van der Waals surface area contributed by atoms with Gasteiger partial charge in [0.25, 0.3) is 0 Å². The van der Waals surface area contributed by atoms with Gasteiger partial charge >= 0.3 is 12.1 Å². The van der Waals surface area contributed by atoms with Gasteiger partial charge in [0, 0.05) is 32.4 Å². The van der Waals surface area contributed by atoms with Gasteiger partial charge in [0.2, 0.25) is 5.91 Å². The Morgan fingerprint density at radius 2 is 1.80 bits per heavy atom. The Hall–Kier alpha value is -2.36. The Balaban J connectivity index is 1.93. The third-order valence-electron chi connectivity index (χ3n) is 4.06. The molecule has 25 heavy (non-hydrogen) atoms. The molecule has 0 aliphatic carbocycles. The predicted octanol–water partition coefficient (Wildman–Crippen LogP) is 1.13. The van der Waals surface area contributed by atoms with Crippen molar-refractivity contribution < 1.29 is 33.0 Å². The van der Waals surface area contributed by atoms with Crippen molar-refractivity contribution >= 4 is 17.7 Å². The van der Waals surface area contributed by atoms with Crippen LogP contribution in [0.2, 0.25) is 0 Å². The van der Waals surface area contributed by atoms with Crippen LogP contribution in [0.5, 0.6) is 0 Å². The molecule has 7 nitrogen and oxygen atoms in total. The number of carboxylic acid groups (broad SMARTS) is 1. The van der Waals surface area contributed by atoms with E-state index in [1.54, 1.807) is 4.90 Å². The Kier molecular flexibility index (Phi) is 5.21. The van der Waals surface area contributed by atoms with Crippen molar-refractivity contribution in [3.05, 3.63) is 23.9 Å². The second-order valence-electron chi connectivity index (χ2n) is 6.03. The molecule has 1 aromatic rings. The van der Waals surface area contributed by atoms with Crippen LogP contribution in [0.25, 0.3) is 0 Å². The van der Waals surface area contributed by atoms with Crippen LogP contribution in [0, 0.1) is 0 Å². The summed E-state index contributed by atoms with van der Waals surface area (Å²) in [5, 5.41) is 18.2. The van der Waals surface area contributed by atoms with Gasteiger partial charge in [-0.1, -0.05) is 0 Å².